The summed E-state index contributed by atoms with van der Waals surface area (Å²) in [5.41, 5.74) is 0. The van der Waals surface area contributed by atoms with Crippen molar-refractivity contribution in [1.82, 2.24) is 4.90 Å². The number of rotatable bonds is 2. The lowest BCUT2D eigenvalue weighted by molar-refractivity contribution is -0.152. The highest BCUT2D eigenvalue weighted by molar-refractivity contribution is 5.80. The minimum atomic E-state index is -0.259. The van der Waals surface area contributed by atoms with Gasteiger partial charge in [-0.3, -0.25) is 4.79 Å². The SMILES string of the molecule is CC1OC(C)C(C(=O)N2CC(CO)OCC2C)C1C. The predicted octanol–water partition coefficient (Wildman–Crippen LogP) is 0.654. The van der Waals surface area contributed by atoms with E-state index in [2.05, 4.69) is 6.92 Å². The Balaban J connectivity index is 2.09. The zero-order valence-corrected chi connectivity index (χ0v) is 12.2. The number of ether oxygens (including phenoxy) is 2. The summed E-state index contributed by atoms with van der Waals surface area (Å²) in [5, 5.41) is 9.20. The zero-order chi connectivity index (χ0) is 14.2. The van der Waals surface area contributed by atoms with E-state index in [-0.39, 0.29) is 48.7 Å². The molecule has 5 nitrogen and oxygen atoms in total. The number of carbonyl (C=O) groups is 1. The van der Waals surface area contributed by atoms with Gasteiger partial charge in [0.1, 0.15) is 0 Å². The van der Waals surface area contributed by atoms with Crippen molar-refractivity contribution < 1.29 is 19.4 Å². The van der Waals surface area contributed by atoms with Gasteiger partial charge in [-0.2, -0.15) is 0 Å². The molecule has 0 aliphatic carbocycles. The minimum Gasteiger partial charge on any atom is -0.394 e. The number of hydrogen-bond donors (Lipinski definition) is 1. The standard InChI is InChI=1S/C14H25NO4/c1-8-7-18-12(6-16)5-15(8)14(17)13-9(2)10(3)19-11(13)4/h8-13,16H,5-7H2,1-4H3. The number of nitrogens with zero attached hydrogens (tertiary/aromatic N) is 1. The number of aliphatic hydroxyl groups excluding tert-OH is 1. The van der Waals surface area contributed by atoms with Gasteiger partial charge in [0.2, 0.25) is 5.91 Å². The topological polar surface area (TPSA) is 59.0 Å². The summed E-state index contributed by atoms with van der Waals surface area (Å²) in [4.78, 5) is 14.6. The Labute approximate surface area is 114 Å². The van der Waals surface area contributed by atoms with Crippen molar-refractivity contribution in [3.8, 4) is 0 Å². The number of hydrogen-bond acceptors (Lipinski definition) is 4. The third-order valence-electron chi connectivity index (χ3n) is 4.52. The van der Waals surface area contributed by atoms with Gasteiger partial charge < -0.3 is 19.5 Å². The normalized spacial score (nSPS) is 43.5. The molecule has 2 aliphatic heterocycles. The summed E-state index contributed by atoms with van der Waals surface area (Å²) in [6, 6.07) is 0.0607. The molecule has 2 rings (SSSR count). The van der Waals surface area contributed by atoms with E-state index < -0.39 is 0 Å². The molecule has 2 saturated heterocycles. The highest BCUT2D eigenvalue weighted by Gasteiger charge is 2.45. The third kappa shape index (κ3) is 2.78. The molecule has 110 valence electrons. The van der Waals surface area contributed by atoms with E-state index in [1.54, 1.807) is 0 Å². The molecule has 0 bridgehead atoms. The second-order valence-electron chi connectivity index (χ2n) is 5.91. The van der Waals surface area contributed by atoms with E-state index in [1.807, 2.05) is 25.7 Å². The Morgan fingerprint density at radius 2 is 1.95 bits per heavy atom. The summed E-state index contributed by atoms with van der Waals surface area (Å²) < 4.78 is 11.2. The van der Waals surface area contributed by atoms with Crippen LogP contribution in [0.15, 0.2) is 0 Å². The largest absolute Gasteiger partial charge is 0.394 e. The van der Waals surface area contributed by atoms with Gasteiger partial charge in [-0.25, -0.2) is 0 Å². The minimum absolute atomic E-state index is 0.0416. The molecule has 5 heteroatoms. The summed E-state index contributed by atoms with van der Waals surface area (Å²) >= 11 is 0. The summed E-state index contributed by atoms with van der Waals surface area (Å²) in [6.45, 7) is 8.97. The maximum atomic E-state index is 12.7. The molecule has 1 N–H and O–H groups in total. The maximum absolute atomic E-state index is 12.7. The summed E-state index contributed by atoms with van der Waals surface area (Å²) in [7, 11) is 0. The number of carbonyl (C=O) groups excluding carboxylic acids is 1. The third-order valence-corrected chi connectivity index (χ3v) is 4.52. The number of aliphatic hydroxyl groups is 1. The number of morpholine rings is 1. The van der Waals surface area contributed by atoms with Crippen LogP contribution in [0.3, 0.4) is 0 Å². The molecule has 6 unspecified atom stereocenters. The van der Waals surface area contributed by atoms with E-state index in [4.69, 9.17) is 9.47 Å². The molecule has 0 saturated carbocycles. The van der Waals surface area contributed by atoms with Crippen LogP contribution in [0.4, 0.5) is 0 Å². The van der Waals surface area contributed by atoms with Crippen LogP contribution in [0, 0.1) is 11.8 Å². The van der Waals surface area contributed by atoms with Crippen LogP contribution in [-0.4, -0.2) is 60.0 Å². The van der Waals surface area contributed by atoms with Gasteiger partial charge in [0, 0.05) is 6.54 Å². The van der Waals surface area contributed by atoms with Crippen molar-refractivity contribution >= 4 is 5.91 Å². The lowest BCUT2D eigenvalue weighted by atomic mass is 9.87. The van der Waals surface area contributed by atoms with Crippen LogP contribution in [0.1, 0.15) is 27.7 Å². The van der Waals surface area contributed by atoms with Crippen molar-refractivity contribution in [3.63, 3.8) is 0 Å². The zero-order valence-electron chi connectivity index (χ0n) is 12.2. The smallest absolute Gasteiger partial charge is 0.229 e. The maximum Gasteiger partial charge on any atom is 0.229 e. The molecular weight excluding hydrogens is 246 g/mol. The molecule has 6 atom stereocenters. The summed E-state index contributed by atoms with van der Waals surface area (Å²) in [6.07, 6.45) is -0.181. The molecule has 0 aromatic carbocycles. The summed E-state index contributed by atoms with van der Waals surface area (Å²) in [5.74, 6) is 0.276. The van der Waals surface area contributed by atoms with Crippen LogP contribution < -0.4 is 0 Å². The van der Waals surface area contributed by atoms with Crippen LogP contribution in [0.2, 0.25) is 0 Å². The van der Waals surface area contributed by atoms with Crippen molar-refractivity contribution in [2.45, 2.75) is 52.0 Å². The van der Waals surface area contributed by atoms with Crippen LogP contribution in [0.5, 0.6) is 0 Å². The molecule has 2 heterocycles. The lowest BCUT2D eigenvalue weighted by Gasteiger charge is -2.39. The highest BCUT2D eigenvalue weighted by Crippen LogP contribution is 2.34. The Kier molecular flexibility index (Phi) is 4.48. The van der Waals surface area contributed by atoms with E-state index in [0.29, 0.717) is 13.2 Å². The van der Waals surface area contributed by atoms with Crippen LogP contribution in [0.25, 0.3) is 0 Å². The highest BCUT2D eigenvalue weighted by atomic mass is 16.5. The van der Waals surface area contributed by atoms with Gasteiger partial charge in [0.25, 0.3) is 0 Å². The second-order valence-corrected chi connectivity index (χ2v) is 5.91. The first kappa shape index (κ1) is 14.8. The van der Waals surface area contributed by atoms with E-state index in [0.717, 1.165) is 0 Å². The average molecular weight is 271 g/mol. The molecule has 0 spiro atoms. The second kappa shape index (κ2) is 5.77. The van der Waals surface area contributed by atoms with Gasteiger partial charge in [0.15, 0.2) is 0 Å². The Morgan fingerprint density at radius 1 is 1.26 bits per heavy atom. The molecular formula is C14H25NO4. The number of amides is 1. The van der Waals surface area contributed by atoms with Crippen molar-refractivity contribution in [2.75, 3.05) is 19.8 Å². The van der Waals surface area contributed by atoms with Crippen LogP contribution in [-0.2, 0) is 14.3 Å². The fraction of sp³-hybridized carbons (Fsp3) is 0.929. The first-order valence-corrected chi connectivity index (χ1v) is 7.14. The molecule has 0 aromatic rings. The fourth-order valence-corrected chi connectivity index (χ4v) is 3.12. The van der Waals surface area contributed by atoms with Gasteiger partial charge in [-0.1, -0.05) is 6.92 Å². The first-order valence-electron chi connectivity index (χ1n) is 7.14. The van der Waals surface area contributed by atoms with Crippen LogP contribution >= 0.6 is 0 Å². The Hall–Kier alpha value is -0.650. The van der Waals surface area contributed by atoms with Crippen molar-refractivity contribution in [3.05, 3.63) is 0 Å². The molecule has 0 radical (unpaired) electrons. The first-order chi connectivity index (χ1) is 8.95. The fourth-order valence-electron chi connectivity index (χ4n) is 3.12. The molecule has 2 fully saturated rings. The van der Waals surface area contributed by atoms with E-state index in [9.17, 15) is 9.90 Å². The molecule has 0 aromatic heterocycles. The van der Waals surface area contributed by atoms with Gasteiger partial charge in [-0.05, 0) is 26.7 Å². The average Bonchev–Trinajstić information content (AvgIpc) is 2.63. The van der Waals surface area contributed by atoms with Crippen molar-refractivity contribution in [2.24, 2.45) is 11.8 Å². The molecule has 19 heavy (non-hydrogen) atoms. The quantitative estimate of drug-likeness (QED) is 0.801. The lowest BCUT2D eigenvalue weighted by Crippen LogP contribution is -2.55. The molecule has 1 amide bonds. The van der Waals surface area contributed by atoms with E-state index >= 15 is 0 Å². The van der Waals surface area contributed by atoms with E-state index in [1.165, 1.54) is 0 Å². The van der Waals surface area contributed by atoms with Gasteiger partial charge in [0.05, 0.1) is 43.5 Å². The monoisotopic (exact) mass is 271 g/mol. The van der Waals surface area contributed by atoms with Gasteiger partial charge >= 0.3 is 0 Å². The predicted molar refractivity (Wildman–Crippen MR) is 70.7 cm³/mol. The molecule has 2 aliphatic rings. The Bertz CT molecular complexity index is 335. The van der Waals surface area contributed by atoms with Gasteiger partial charge in [-0.15, -0.1) is 0 Å². The Morgan fingerprint density at radius 3 is 2.47 bits per heavy atom. The van der Waals surface area contributed by atoms with Crippen molar-refractivity contribution in [1.29, 1.82) is 0 Å².